The Labute approximate surface area is 89.7 Å². The van der Waals surface area contributed by atoms with Gasteiger partial charge in [0.1, 0.15) is 0 Å². The summed E-state index contributed by atoms with van der Waals surface area (Å²) in [6.45, 7) is 1.91. The molecular formula is C11H17N3O. The minimum Gasteiger partial charge on any atom is -0.399 e. The molecule has 1 fully saturated rings. The van der Waals surface area contributed by atoms with E-state index in [0.717, 1.165) is 31.6 Å². The van der Waals surface area contributed by atoms with Crippen LogP contribution in [-0.2, 0) is 0 Å². The second-order valence-electron chi connectivity index (χ2n) is 3.89. The average molecular weight is 207 g/mol. The Balaban J connectivity index is 1.95. The predicted molar refractivity (Wildman–Crippen MR) is 61.3 cm³/mol. The van der Waals surface area contributed by atoms with Gasteiger partial charge >= 0.3 is 0 Å². The molecule has 0 amide bonds. The van der Waals surface area contributed by atoms with Crippen LogP contribution in [0.15, 0.2) is 24.3 Å². The fourth-order valence-corrected chi connectivity index (χ4v) is 1.85. The van der Waals surface area contributed by atoms with Gasteiger partial charge in [0.2, 0.25) is 0 Å². The van der Waals surface area contributed by atoms with E-state index < -0.39 is 6.35 Å². The van der Waals surface area contributed by atoms with E-state index in [1.165, 1.54) is 0 Å². The van der Waals surface area contributed by atoms with E-state index in [2.05, 4.69) is 5.32 Å². The largest absolute Gasteiger partial charge is 0.399 e. The molecule has 15 heavy (non-hydrogen) atoms. The highest BCUT2D eigenvalue weighted by molar-refractivity contribution is 5.54. The van der Waals surface area contributed by atoms with Crippen LogP contribution >= 0.6 is 0 Å². The number of nitrogens with two attached hydrogens (primary N) is 1. The lowest BCUT2D eigenvalue weighted by Gasteiger charge is -2.24. The van der Waals surface area contributed by atoms with Crippen LogP contribution in [0.1, 0.15) is 12.8 Å². The van der Waals surface area contributed by atoms with Crippen molar-refractivity contribution >= 4 is 11.4 Å². The summed E-state index contributed by atoms with van der Waals surface area (Å²) in [5, 5.41) is 12.9. The lowest BCUT2D eigenvalue weighted by Crippen LogP contribution is -2.38. The number of nitrogens with zero attached hydrogens (tertiary/aromatic N) is 1. The molecule has 1 aliphatic heterocycles. The summed E-state index contributed by atoms with van der Waals surface area (Å²) in [6, 6.07) is 7.41. The van der Waals surface area contributed by atoms with Crippen molar-refractivity contribution in [2.75, 3.05) is 24.1 Å². The van der Waals surface area contributed by atoms with Crippen LogP contribution in [0, 0.1) is 0 Å². The first kappa shape index (κ1) is 10.3. The number of aliphatic hydroxyl groups excluding tert-OH is 1. The van der Waals surface area contributed by atoms with Gasteiger partial charge in [-0.1, -0.05) is 6.07 Å². The van der Waals surface area contributed by atoms with E-state index in [9.17, 15) is 5.11 Å². The average Bonchev–Trinajstić information content (AvgIpc) is 2.70. The van der Waals surface area contributed by atoms with Crippen molar-refractivity contribution in [3.05, 3.63) is 24.3 Å². The first-order chi connectivity index (χ1) is 7.25. The van der Waals surface area contributed by atoms with E-state index in [1.54, 1.807) is 0 Å². The number of anilines is 2. The Morgan fingerprint density at radius 2 is 2.07 bits per heavy atom. The fourth-order valence-electron chi connectivity index (χ4n) is 1.85. The molecule has 1 atom stereocenters. The number of aliphatic hydroxyl groups is 1. The molecule has 4 N–H and O–H groups in total. The topological polar surface area (TPSA) is 61.5 Å². The van der Waals surface area contributed by atoms with Gasteiger partial charge in [-0.05, 0) is 31.0 Å². The molecule has 0 radical (unpaired) electrons. The third-order valence-corrected chi connectivity index (χ3v) is 2.67. The van der Waals surface area contributed by atoms with Crippen LogP contribution < -0.4 is 11.1 Å². The predicted octanol–water partition coefficient (Wildman–Crippen LogP) is 1.05. The van der Waals surface area contributed by atoms with Crippen molar-refractivity contribution < 1.29 is 5.11 Å². The molecule has 4 nitrogen and oxygen atoms in total. The molecule has 0 aliphatic carbocycles. The van der Waals surface area contributed by atoms with Gasteiger partial charge < -0.3 is 16.2 Å². The highest BCUT2D eigenvalue weighted by atomic mass is 16.3. The third kappa shape index (κ3) is 2.61. The molecule has 82 valence electrons. The molecule has 1 aliphatic rings. The zero-order valence-corrected chi connectivity index (χ0v) is 8.69. The van der Waals surface area contributed by atoms with Gasteiger partial charge in [0.25, 0.3) is 0 Å². The Bertz CT molecular complexity index is 323. The molecule has 1 saturated heterocycles. The number of hydrogen-bond acceptors (Lipinski definition) is 4. The van der Waals surface area contributed by atoms with Crippen molar-refractivity contribution in [1.29, 1.82) is 0 Å². The molecule has 0 bridgehead atoms. The summed E-state index contributed by atoms with van der Waals surface area (Å²) in [5.74, 6) is 0. The highest BCUT2D eigenvalue weighted by Gasteiger charge is 2.18. The fraction of sp³-hybridized carbons (Fsp3) is 0.455. The summed E-state index contributed by atoms with van der Waals surface area (Å²) in [6.07, 6.45) is 1.72. The van der Waals surface area contributed by atoms with Gasteiger partial charge in [0.15, 0.2) is 6.35 Å². The minimum absolute atomic E-state index is 0.603. The lowest BCUT2D eigenvalue weighted by molar-refractivity contribution is 0.0447. The first-order valence-electron chi connectivity index (χ1n) is 5.30. The number of nitrogen functional groups attached to an aromatic ring is 1. The molecule has 1 unspecified atom stereocenters. The van der Waals surface area contributed by atoms with Crippen molar-refractivity contribution in [2.45, 2.75) is 19.2 Å². The van der Waals surface area contributed by atoms with Crippen LogP contribution in [-0.4, -0.2) is 29.4 Å². The summed E-state index contributed by atoms with van der Waals surface area (Å²) in [5.41, 5.74) is 7.21. The Morgan fingerprint density at radius 1 is 1.33 bits per heavy atom. The summed E-state index contributed by atoms with van der Waals surface area (Å²) in [4.78, 5) is 2.02. The minimum atomic E-state index is -0.603. The van der Waals surface area contributed by atoms with E-state index >= 15 is 0 Å². The molecule has 0 aromatic heterocycles. The SMILES string of the molecule is Nc1cccc(NC(O)N2CCCC2)c1. The number of hydrogen-bond donors (Lipinski definition) is 3. The first-order valence-corrected chi connectivity index (χ1v) is 5.30. The van der Waals surface area contributed by atoms with Crippen LogP contribution in [0.4, 0.5) is 11.4 Å². The van der Waals surface area contributed by atoms with Crippen molar-refractivity contribution in [3.8, 4) is 0 Å². The number of benzene rings is 1. The second-order valence-corrected chi connectivity index (χ2v) is 3.89. The summed E-state index contributed by atoms with van der Waals surface area (Å²) < 4.78 is 0. The summed E-state index contributed by atoms with van der Waals surface area (Å²) in [7, 11) is 0. The quantitative estimate of drug-likeness (QED) is 0.512. The zero-order chi connectivity index (χ0) is 10.7. The molecule has 4 heteroatoms. The van der Waals surface area contributed by atoms with Crippen LogP contribution in [0.3, 0.4) is 0 Å². The Kier molecular flexibility index (Phi) is 3.08. The van der Waals surface area contributed by atoms with E-state index in [0.29, 0.717) is 5.69 Å². The van der Waals surface area contributed by atoms with Crippen LogP contribution in [0.25, 0.3) is 0 Å². The second kappa shape index (κ2) is 4.51. The standard InChI is InChI=1S/C11H17N3O/c12-9-4-3-5-10(8-9)13-11(15)14-6-1-2-7-14/h3-5,8,11,13,15H,1-2,6-7,12H2. The monoisotopic (exact) mass is 207 g/mol. The van der Waals surface area contributed by atoms with E-state index in [-0.39, 0.29) is 0 Å². The Morgan fingerprint density at radius 3 is 2.73 bits per heavy atom. The van der Waals surface area contributed by atoms with Gasteiger partial charge in [0, 0.05) is 24.5 Å². The van der Waals surface area contributed by atoms with Gasteiger partial charge in [-0.25, -0.2) is 0 Å². The van der Waals surface area contributed by atoms with Crippen molar-refractivity contribution in [2.24, 2.45) is 0 Å². The van der Waals surface area contributed by atoms with Gasteiger partial charge in [0.05, 0.1) is 0 Å². The molecule has 2 rings (SSSR count). The lowest BCUT2D eigenvalue weighted by atomic mass is 10.3. The maximum absolute atomic E-state index is 9.87. The molecule has 1 aromatic carbocycles. The van der Waals surface area contributed by atoms with E-state index in [4.69, 9.17) is 5.73 Å². The zero-order valence-electron chi connectivity index (χ0n) is 8.69. The van der Waals surface area contributed by atoms with Crippen molar-refractivity contribution in [3.63, 3.8) is 0 Å². The van der Waals surface area contributed by atoms with E-state index in [1.807, 2.05) is 29.2 Å². The normalized spacial score (nSPS) is 19.0. The maximum atomic E-state index is 9.87. The van der Waals surface area contributed by atoms with Crippen LogP contribution in [0.5, 0.6) is 0 Å². The summed E-state index contributed by atoms with van der Waals surface area (Å²) >= 11 is 0. The maximum Gasteiger partial charge on any atom is 0.184 e. The molecule has 1 heterocycles. The highest BCUT2D eigenvalue weighted by Crippen LogP contribution is 2.15. The van der Waals surface area contributed by atoms with Gasteiger partial charge in [-0.2, -0.15) is 0 Å². The molecule has 0 saturated carbocycles. The number of likely N-dealkylation sites (tertiary alicyclic amines) is 1. The Hall–Kier alpha value is -1.26. The van der Waals surface area contributed by atoms with Crippen molar-refractivity contribution in [1.82, 2.24) is 4.90 Å². The molecular weight excluding hydrogens is 190 g/mol. The molecule has 0 spiro atoms. The van der Waals surface area contributed by atoms with Crippen LogP contribution in [0.2, 0.25) is 0 Å². The number of rotatable bonds is 3. The number of nitrogens with one attached hydrogen (secondary N) is 1. The molecule has 1 aromatic rings. The smallest absolute Gasteiger partial charge is 0.184 e. The van der Waals surface area contributed by atoms with Gasteiger partial charge in [-0.15, -0.1) is 0 Å². The van der Waals surface area contributed by atoms with Gasteiger partial charge in [-0.3, -0.25) is 4.90 Å². The third-order valence-electron chi connectivity index (χ3n) is 2.67.